The molecule has 85 heavy (non-hydrogen) atoms. The second-order valence-electron chi connectivity index (χ2n) is 23.8. The molecule has 7 atom stereocenters. The van der Waals surface area contributed by atoms with Crippen molar-refractivity contribution >= 4 is 69.9 Å². The van der Waals surface area contributed by atoms with E-state index in [0.717, 1.165) is 36.6 Å². The minimum absolute atomic E-state index is 0.000351. The Kier molecular flexibility index (Phi) is 22.3. The van der Waals surface area contributed by atoms with Gasteiger partial charge in [-0.3, -0.25) is 53.5 Å². The Balaban J connectivity index is 1.08. The number of fused-ring (bicyclic) bond motifs is 1. The van der Waals surface area contributed by atoms with Crippen LogP contribution >= 0.6 is 0 Å². The maximum atomic E-state index is 14.9. The fraction of sp³-hybridized carbons (Fsp3) is 0.557. The molecule has 24 heteroatoms. The highest BCUT2D eigenvalue weighted by Gasteiger charge is 2.54. The Morgan fingerprint density at radius 2 is 1.35 bits per heavy atom. The van der Waals surface area contributed by atoms with E-state index >= 15 is 0 Å². The second-order valence-corrected chi connectivity index (χ2v) is 23.8. The fourth-order valence-corrected chi connectivity index (χ4v) is 13.2. The van der Waals surface area contributed by atoms with Gasteiger partial charge in [0.1, 0.15) is 36.3 Å². The van der Waals surface area contributed by atoms with E-state index in [1.54, 1.807) is 36.5 Å². The first-order valence-corrected chi connectivity index (χ1v) is 30.2. The summed E-state index contributed by atoms with van der Waals surface area (Å²) in [5.41, 5.74) is 19.3. The zero-order chi connectivity index (χ0) is 60.5. The molecule has 1 saturated heterocycles. The van der Waals surface area contributed by atoms with Crippen LogP contribution in [0.5, 0.6) is 0 Å². The monoisotopic (exact) mass is 1170 g/mol. The van der Waals surface area contributed by atoms with Crippen LogP contribution in [0.15, 0.2) is 78.3 Å². The first-order valence-electron chi connectivity index (χ1n) is 30.2. The number of Topliss-reactive ketones (excluding diaryl/α,β-unsaturated/α-hetero) is 1. The van der Waals surface area contributed by atoms with Crippen LogP contribution < -0.4 is 59.7 Å². The number of nitrogens with zero attached hydrogens (tertiary/aromatic N) is 2. The summed E-state index contributed by atoms with van der Waals surface area (Å²) in [5, 5.41) is 23.8. The lowest BCUT2D eigenvalue weighted by Crippen LogP contribution is -2.61. The van der Waals surface area contributed by atoms with Crippen molar-refractivity contribution in [2.45, 2.75) is 171 Å². The van der Waals surface area contributed by atoms with Crippen molar-refractivity contribution in [3.63, 3.8) is 0 Å². The van der Waals surface area contributed by atoms with Crippen LogP contribution in [0.3, 0.4) is 0 Å². The summed E-state index contributed by atoms with van der Waals surface area (Å²) in [7, 11) is 0. The van der Waals surface area contributed by atoms with Gasteiger partial charge in [-0.05, 0) is 118 Å². The highest BCUT2D eigenvalue weighted by molar-refractivity contribution is 5.98. The van der Waals surface area contributed by atoms with Gasteiger partial charge in [0.15, 0.2) is 11.7 Å². The molecule has 4 saturated carbocycles. The third-order valence-electron chi connectivity index (χ3n) is 17.3. The van der Waals surface area contributed by atoms with Crippen molar-refractivity contribution in [3.8, 4) is 0 Å². The Morgan fingerprint density at radius 3 is 2.02 bits per heavy atom. The van der Waals surface area contributed by atoms with E-state index < -0.39 is 95.0 Å². The molecule has 3 heterocycles. The SMILES string of the molecule is CCCC[C@H](NCC(=O)C12CC3CC(CC(C3)C1)C2)C(=O)N[C@H]1CCC(=O)NCCCC[C@@H](C(N)=O)NC(=O)[C@H](Cc2c[nH]c3ccccc23)NC(=O)[C@H](CCCN=C(N)N)NC(=O)[C@@H](Cc2ccccc2)NC(=O)[C@H](Cc2cnc[nH]2)NC1=O. The molecule has 24 nitrogen and oxygen atoms in total. The van der Waals surface area contributed by atoms with Gasteiger partial charge in [0.25, 0.3) is 0 Å². The molecule has 2 aromatic carbocycles. The molecule has 5 fully saturated rings. The molecule has 4 aliphatic carbocycles. The first-order chi connectivity index (χ1) is 40.9. The van der Waals surface area contributed by atoms with Crippen molar-refractivity contribution in [1.29, 1.82) is 0 Å². The minimum atomic E-state index is -1.41. The van der Waals surface area contributed by atoms with Crippen LogP contribution in [0, 0.1) is 23.2 Å². The quantitative estimate of drug-likeness (QED) is 0.0338. The molecule has 1 aliphatic heterocycles. The van der Waals surface area contributed by atoms with E-state index in [2.05, 4.69) is 62.5 Å². The van der Waals surface area contributed by atoms with Crippen LogP contribution in [0.4, 0.5) is 0 Å². The van der Waals surface area contributed by atoms with E-state index in [4.69, 9.17) is 17.2 Å². The number of carbonyl (C=O) groups excluding carboxylic acids is 9. The summed E-state index contributed by atoms with van der Waals surface area (Å²) in [6.45, 7) is 2.21. The molecule has 0 spiro atoms. The third kappa shape index (κ3) is 17.7. The number of para-hydroxylation sites is 1. The van der Waals surface area contributed by atoms with Crippen molar-refractivity contribution in [1.82, 2.24) is 57.5 Å². The lowest BCUT2D eigenvalue weighted by molar-refractivity contribution is -0.143. The number of aromatic amines is 2. The summed E-state index contributed by atoms with van der Waals surface area (Å²) in [5.74, 6) is -4.15. The van der Waals surface area contributed by atoms with Gasteiger partial charge in [0.2, 0.25) is 47.3 Å². The number of nitrogens with one attached hydrogen (secondary N) is 10. The first kappa shape index (κ1) is 62.9. The summed E-state index contributed by atoms with van der Waals surface area (Å²) < 4.78 is 0. The molecule has 0 radical (unpaired) electrons. The number of nitrogens with two attached hydrogens (primary N) is 3. The number of carbonyl (C=O) groups is 9. The molecule has 9 rings (SSSR count). The number of guanidine groups is 1. The number of imidazole rings is 1. The van der Waals surface area contributed by atoms with Crippen LogP contribution in [-0.2, 0) is 62.4 Å². The maximum absolute atomic E-state index is 14.9. The number of H-pyrrole nitrogens is 2. The lowest BCUT2D eigenvalue weighted by atomic mass is 9.48. The van der Waals surface area contributed by atoms with E-state index in [-0.39, 0.29) is 82.7 Å². The Labute approximate surface area is 495 Å². The van der Waals surface area contributed by atoms with Gasteiger partial charge in [-0.1, -0.05) is 68.3 Å². The average molecular weight is 1170 g/mol. The van der Waals surface area contributed by atoms with E-state index in [9.17, 15) is 43.2 Å². The number of benzene rings is 2. The highest BCUT2D eigenvalue weighted by atomic mass is 16.2. The number of ketones is 1. The van der Waals surface area contributed by atoms with Gasteiger partial charge in [-0.25, -0.2) is 4.98 Å². The molecule has 458 valence electrons. The molecule has 5 aliphatic rings. The average Bonchev–Trinajstić information content (AvgIpc) is 4.32. The number of rotatable bonds is 20. The van der Waals surface area contributed by atoms with Crippen LogP contribution in [0.1, 0.15) is 126 Å². The Bertz CT molecular complexity index is 2960. The molecular formula is C61H85N15O9. The number of hydrogen-bond acceptors (Lipinski definition) is 12. The summed E-state index contributed by atoms with van der Waals surface area (Å²) in [6.07, 6.45) is 12.7. The van der Waals surface area contributed by atoms with E-state index in [1.165, 1.54) is 31.8 Å². The van der Waals surface area contributed by atoms with Crippen molar-refractivity contribution < 1.29 is 43.2 Å². The molecule has 4 bridgehead atoms. The lowest BCUT2D eigenvalue weighted by Gasteiger charge is -2.56. The maximum Gasteiger partial charge on any atom is 0.243 e. The number of aromatic nitrogens is 3. The molecule has 2 aromatic heterocycles. The Morgan fingerprint density at radius 1 is 0.718 bits per heavy atom. The van der Waals surface area contributed by atoms with Gasteiger partial charge in [-0.2, -0.15) is 0 Å². The zero-order valence-corrected chi connectivity index (χ0v) is 48.6. The topological polar surface area (TPSA) is 385 Å². The van der Waals surface area contributed by atoms with Gasteiger partial charge >= 0.3 is 0 Å². The zero-order valence-electron chi connectivity index (χ0n) is 48.6. The van der Waals surface area contributed by atoms with Crippen molar-refractivity contribution in [3.05, 3.63) is 90.1 Å². The van der Waals surface area contributed by atoms with E-state index in [0.29, 0.717) is 60.3 Å². The molecule has 8 amide bonds. The van der Waals surface area contributed by atoms with Crippen LogP contribution in [0.25, 0.3) is 10.9 Å². The number of amides is 8. The predicted octanol–water partition coefficient (Wildman–Crippen LogP) is 1.38. The van der Waals surface area contributed by atoms with Gasteiger partial charge < -0.3 is 64.4 Å². The molecule has 4 aromatic rings. The molecular weight excluding hydrogens is 1090 g/mol. The number of unbranched alkanes of at least 4 members (excludes halogenated alkanes) is 1. The number of aliphatic imine (C=N–C) groups is 1. The minimum Gasteiger partial charge on any atom is -0.370 e. The normalized spacial score (nSPS) is 26.8. The van der Waals surface area contributed by atoms with Gasteiger partial charge in [0.05, 0.1) is 18.9 Å². The number of hydrogen-bond donors (Lipinski definition) is 13. The van der Waals surface area contributed by atoms with Gasteiger partial charge in [0, 0.05) is 73.2 Å². The van der Waals surface area contributed by atoms with Crippen LogP contribution in [-0.4, -0.2) is 136 Å². The highest BCUT2D eigenvalue weighted by Crippen LogP contribution is 2.60. The fourth-order valence-electron chi connectivity index (χ4n) is 13.2. The van der Waals surface area contributed by atoms with Crippen LogP contribution in [0.2, 0.25) is 0 Å². The molecule has 0 unspecified atom stereocenters. The summed E-state index contributed by atoms with van der Waals surface area (Å²) >= 11 is 0. The largest absolute Gasteiger partial charge is 0.370 e. The standard InChI is InChI=1S/C61H85N15O9/c1-2-3-15-45(69-34-51(77)61-29-37-23-38(30-61)25-39(24-37)31-61)54(80)73-47-19-20-52(78)66-21-10-9-17-44(53(62)79)71-58(84)49(27-40-32-68-43-16-8-7-14-42(40)43)75-55(81)46(18-11-22-67-60(63)64)72-57(83)48(26-36-12-5-4-6-13-36)74-59(85)50(76-56(47)82)28-41-33-65-35-70-41/h4-8,12-14,16,32-33,35,37-39,44-50,68-69H,2-3,9-11,15,17-31,34H2,1H3,(H2,62,79)(H,65,70)(H,66,78)(H,71,84)(H,72,83)(H,73,80)(H,74,85)(H,75,81)(H,76,82)(H4,63,64,67)/t37?,38?,39?,44-,45-,46-,47-,48+,49-,50-,61?/m0/s1. The summed E-state index contributed by atoms with van der Waals surface area (Å²) in [4.78, 5) is 143. The smallest absolute Gasteiger partial charge is 0.243 e. The van der Waals surface area contributed by atoms with Crippen molar-refractivity contribution in [2.75, 3.05) is 19.6 Å². The predicted molar refractivity (Wildman–Crippen MR) is 318 cm³/mol. The van der Waals surface area contributed by atoms with Gasteiger partial charge in [-0.15, -0.1) is 0 Å². The summed E-state index contributed by atoms with van der Waals surface area (Å²) in [6, 6.07) is 7.35. The molecule has 16 N–H and O–H groups in total. The third-order valence-corrected chi connectivity index (χ3v) is 17.3. The van der Waals surface area contributed by atoms with E-state index in [1.807, 2.05) is 31.2 Å². The van der Waals surface area contributed by atoms with Crippen molar-refractivity contribution in [2.24, 2.45) is 45.4 Å². The Hall–Kier alpha value is -8.15. The second kappa shape index (κ2) is 30.1. The number of primary amides is 1.